The first-order valence-electron chi connectivity index (χ1n) is 6.25. The lowest BCUT2D eigenvalue weighted by Gasteiger charge is -2.31. The van der Waals surface area contributed by atoms with E-state index >= 15 is 0 Å². The number of nitrogens with one attached hydrogen (secondary N) is 2. The van der Waals surface area contributed by atoms with Gasteiger partial charge in [-0.3, -0.25) is 9.69 Å². The second-order valence-electron chi connectivity index (χ2n) is 4.77. The van der Waals surface area contributed by atoms with Gasteiger partial charge in [0.1, 0.15) is 0 Å². The largest absolute Gasteiger partial charge is 0.325 e. The van der Waals surface area contributed by atoms with Crippen molar-refractivity contribution in [1.82, 2.24) is 10.2 Å². The molecule has 0 aromatic heterocycles. The lowest BCUT2D eigenvalue weighted by atomic mass is 10.2. The maximum atomic E-state index is 11.9. The van der Waals surface area contributed by atoms with Gasteiger partial charge in [-0.25, -0.2) is 0 Å². The van der Waals surface area contributed by atoms with E-state index in [4.69, 9.17) is 23.2 Å². The number of hydrogen-bond acceptors (Lipinski definition) is 3. The molecule has 1 aliphatic heterocycles. The summed E-state index contributed by atoms with van der Waals surface area (Å²) in [6.45, 7) is 5.20. The normalized spacial score (nSPS) is 20.3. The standard InChI is InChI=1S/C13H17Cl2N3O/c1-9-7-18(5-4-16-9)8-13(19)17-10-2-3-11(14)12(15)6-10/h2-3,6,9,16H,4-5,7-8H2,1H3,(H,17,19)/t9-/m1/s1. The number of anilines is 1. The summed E-state index contributed by atoms with van der Waals surface area (Å²) in [7, 11) is 0. The van der Waals surface area contributed by atoms with Gasteiger partial charge >= 0.3 is 0 Å². The van der Waals surface area contributed by atoms with E-state index < -0.39 is 0 Å². The number of halogens is 2. The zero-order chi connectivity index (χ0) is 13.8. The lowest BCUT2D eigenvalue weighted by Crippen LogP contribution is -2.51. The average Bonchev–Trinajstić information content (AvgIpc) is 2.34. The van der Waals surface area contributed by atoms with Crippen molar-refractivity contribution in [1.29, 1.82) is 0 Å². The summed E-state index contributed by atoms with van der Waals surface area (Å²) in [6.07, 6.45) is 0. The number of benzene rings is 1. The molecule has 104 valence electrons. The molecule has 1 amide bonds. The second kappa shape index (κ2) is 6.57. The van der Waals surface area contributed by atoms with Gasteiger partial charge in [-0.15, -0.1) is 0 Å². The van der Waals surface area contributed by atoms with Crippen molar-refractivity contribution in [3.63, 3.8) is 0 Å². The first-order valence-corrected chi connectivity index (χ1v) is 7.01. The Balaban J connectivity index is 1.88. The van der Waals surface area contributed by atoms with Crippen molar-refractivity contribution in [2.24, 2.45) is 0 Å². The van der Waals surface area contributed by atoms with Gasteiger partial charge in [-0.2, -0.15) is 0 Å². The molecule has 0 radical (unpaired) electrons. The van der Waals surface area contributed by atoms with E-state index in [-0.39, 0.29) is 5.91 Å². The number of carbonyl (C=O) groups is 1. The minimum absolute atomic E-state index is 0.0347. The summed E-state index contributed by atoms with van der Waals surface area (Å²) >= 11 is 11.7. The Kier molecular flexibility index (Phi) is 5.05. The Labute approximate surface area is 123 Å². The molecule has 0 aliphatic carbocycles. The van der Waals surface area contributed by atoms with E-state index in [9.17, 15) is 4.79 Å². The number of hydrogen-bond donors (Lipinski definition) is 2. The summed E-state index contributed by atoms with van der Waals surface area (Å²) in [5, 5.41) is 7.09. The average molecular weight is 302 g/mol. The Morgan fingerprint density at radius 1 is 1.47 bits per heavy atom. The molecular weight excluding hydrogens is 285 g/mol. The SMILES string of the molecule is C[C@@H]1CN(CC(=O)Nc2ccc(Cl)c(Cl)c2)CCN1. The fourth-order valence-electron chi connectivity index (χ4n) is 2.13. The maximum absolute atomic E-state index is 11.9. The van der Waals surface area contributed by atoms with E-state index in [1.165, 1.54) is 0 Å². The molecule has 1 heterocycles. The number of piperazine rings is 1. The van der Waals surface area contributed by atoms with Crippen LogP contribution in [-0.2, 0) is 4.79 Å². The minimum Gasteiger partial charge on any atom is -0.325 e. The van der Waals surface area contributed by atoms with Crippen LogP contribution in [0.4, 0.5) is 5.69 Å². The topological polar surface area (TPSA) is 44.4 Å². The summed E-state index contributed by atoms with van der Waals surface area (Å²) in [6, 6.07) is 5.49. The van der Waals surface area contributed by atoms with Crippen molar-refractivity contribution >= 4 is 34.8 Å². The van der Waals surface area contributed by atoms with Crippen LogP contribution in [0.25, 0.3) is 0 Å². The molecule has 19 heavy (non-hydrogen) atoms. The van der Waals surface area contributed by atoms with Gasteiger partial charge in [0.2, 0.25) is 5.91 Å². The van der Waals surface area contributed by atoms with Crippen molar-refractivity contribution in [3.05, 3.63) is 28.2 Å². The van der Waals surface area contributed by atoms with Crippen LogP contribution < -0.4 is 10.6 Å². The number of carbonyl (C=O) groups excluding carboxylic acids is 1. The molecule has 2 rings (SSSR count). The van der Waals surface area contributed by atoms with Crippen LogP contribution >= 0.6 is 23.2 Å². The number of amides is 1. The summed E-state index contributed by atoms with van der Waals surface area (Å²) in [5.41, 5.74) is 0.669. The van der Waals surface area contributed by atoms with Crippen molar-refractivity contribution in [3.8, 4) is 0 Å². The summed E-state index contributed by atoms with van der Waals surface area (Å²) in [4.78, 5) is 14.1. The van der Waals surface area contributed by atoms with E-state index in [1.54, 1.807) is 18.2 Å². The molecule has 6 heteroatoms. The molecule has 1 aromatic carbocycles. The quantitative estimate of drug-likeness (QED) is 0.900. The molecular formula is C13H17Cl2N3O. The van der Waals surface area contributed by atoms with Gasteiger partial charge < -0.3 is 10.6 Å². The molecule has 0 bridgehead atoms. The van der Waals surface area contributed by atoms with Crippen LogP contribution in [0.3, 0.4) is 0 Å². The Bertz CT molecular complexity index is 467. The molecule has 0 saturated carbocycles. The highest BCUT2D eigenvalue weighted by molar-refractivity contribution is 6.42. The molecule has 1 saturated heterocycles. The van der Waals surface area contributed by atoms with E-state index in [1.807, 2.05) is 0 Å². The zero-order valence-electron chi connectivity index (χ0n) is 10.7. The fourth-order valence-corrected chi connectivity index (χ4v) is 2.43. The Morgan fingerprint density at radius 3 is 2.95 bits per heavy atom. The number of rotatable bonds is 3. The Morgan fingerprint density at radius 2 is 2.26 bits per heavy atom. The highest BCUT2D eigenvalue weighted by Gasteiger charge is 2.17. The van der Waals surface area contributed by atoms with Gasteiger partial charge in [-0.05, 0) is 25.1 Å². The van der Waals surface area contributed by atoms with Crippen LogP contribution in [0.2, 0.25) is 10.0 Å². The van der Waals surface area contributed by atoms with E-state index in [0.29, 0.717) is 28.3 Å². The van der Waals surface area contributed by atoms with Crippen LogP contribution in [0, 0.1) is 0 Å². The monoisotopic (exact) mass is 301 g/mol. The van der Waals surface area contributed by atoms with Crippen LogP contribution in [0.15, 0.2) is 18.2 Å². The van der Waals surface area contributed by atoms with Gasteiger partial charge in [-0.1, -0.05) is 23.2 Å². The molecule has 2 N–H and O–H groups in total. The fraction of sp³-hybridized carbons (Fsp3) is 0.462. The van der Waals surface area contributed by atoms with Gasteiger partial charge in [0.15, 0.2) is 0 Å². The van der Waals surface area contributed by atoms with Gasteiger partial charge in [0, 0.05) is 31.4 Å². The third-order valence-corrected chi connectivity index (χ3v) is 3.76. The first kappa shape index (κ1) is 14.6. The highest BCUT2D eigenvalue weighted by atomic mass is 35.5. The predicted molar refractivity (Wildman–Crippen MR) is 79.0 cm³/mol. The van der Waals surface area contributed by atoms with Crippen molar-refractivity contribution in [2.45, 2.75) is 13.0 Å². The van der Waals surface area contributed by atoms with Crippen molar-refractivity contribution in [2.75, 3.05) is 31.5 Å². The van der Waals surface area contributed by atoms with E-state index in [2.05, 4.69) is 22.5 Å². The predicted octanol–water partition coefficient (Wildman–Crippen LogP) is 2.23. The Hall–Kier alpha value is -0.810. The third kappa shape index (κ3) is 4.35. The first-order chi connectivity index (χ1) is 9.04. The van der Waals surface area contributed by atoms with Gasteiger partial charge in [0.05, 0.1) is 16.6 Å². The van der Waals surface area contributed by atoms with Crippen LogP contribution in [-0.4, -0.2) is 43.0 Å². The molecule has 0 unspecified atom stereocenters. The molecule has 1 atom stereocenters. The number of nitrogens with zero attached hydrogens (tertiary/aromatic N) is 1. The molecule has 1 aromatic rings. The molecule has 1 aliphatic rings. The van der Waals surface area contributed by atoms with Crippen LogP contribution in [0.1, 0.15) is 6.92 Å². The molecule has 0 spiro atoms. The van der Waals surface area contributed by atoms with Crippen LogP contribution in [0.5, 0.6) is 0 Å². The highest BCUT2D eigenvalue weighted by Crippen LogP contribution is 2.24. The summed E-state index contributed by atoms with van der Waals surface area (Å²) in [5.74, 6) is -0.0347. The third-order valence-electron chi connectivity index (χ3n) is 3.02. The second-order valence-corrected chi connectivity index (χ2v) is 5.58. The van der Waals surface area contributed by atoms with Crippen molar-refractivity contribution < 1.29 is 4.79 Å². The maximum Gasteiger partial charge on any atom is 0.238 e. The van der Waals surface area contributed by atoms with E-state index in [0.717, 1.165) is 19.6 Å². The molecule has 1 fully saturated rings. The molecule has 4 nitrogen and oxygen atoms in total. The summed E-state index contributed by atoms with van der Waals surface area (Å²) < 4.78 is 0. The smallest absolute Gasteiger partial charge is 0.238 e. The minimum atomic E-state index is -0.0347. The zero-order valence-corrected chi connectivity index (χ0v) is 12.3. The lowest BCUT2D eigenvalue weighted by molar-refractivity contribution is -0.117. The van der Waals surface area contributed by atoms with Gasteiger partial charge in [0.25, 0.3) is 0 Å².